The van der Waals surface area contributed by atoms with Crippen molar-refractivity contribution in [2.24, 2.45) is 0 Å². The molecule has 3 aromatic heterocycles. The van der Waals surface area contributed by atoms with Crippen LogP contribution in [0.3, 0.4) is 0 Å². The number of fused-ring (bicyclic) bond motifs is 1. The maximum Gasteiger partial charge on any atom is 0.417 e. The second-order valence-electron chi connectivity index (χ2n) is 7.56. The van der Waals surface area contributed by atoms with Gasteiger partial charge in [0, 0.05) is 24.0 Å². The molecule has 0 spiro atoms. The van der Waals surface area contributed by atoms with Gasteiger partial charge in [-0.25, -0.2) is 4.98 Å². The molecule has 1 atom stereocenters. The summed E-state index contributed by atoms with van der Waals surface area (Å²) in [6.07, 6.45) is -2.47. The molecule has 1 aromatic carbocycles. The van der Waals surface area contributed by atoms with Crippen LogP contribution in [0.4, 0.5) is 13.2 Å². The predicted octanol–water partition coefficient (Wildman–Crippen LogP) is 5.15. The van der Waals surface area contributed by atoms with Gasteiger partial charge in [-0.15, -0.1) is 0 Å². The number of nitrogens with zero attached hydrogens (tertiary/aromatic N) is 4. The molecular weight excluding hydrogens is 524 g/mol. The second-order valence-corrected chi connectivity index (χ2v) is 8.78. The molecule has 0 saturated heterocycles. The average Bonchev–Trinajstić information content (AvgIpc) is 3.41. The van der Waals surface area contributed by atoms with Gasteiger partial charge in [0.1, 0.15) is 23.7 Å². The van der Waals surface area contributed by atoms with Gasteiger partial charge in [0.05, 0.1) is 27.2 Å². The summed E-state index contributed by atoms with van der Waals surface area (Å²) in [4.78, 5) is 8.37. The number of pyridine rings is 1. The number of hydrogen-bond donors (Lipinski definition) is 2. The highest BCUT2D eigenvalue weighted by atomic mass is 35.5. The quantitative estimate of drug-likeness (QED) is 0.350. The third-order valence-corrected chi connectivity index (χ3v) is 5.51. The lowest BCUT2D eigenvalue weighted by atomic mass is 10.1. The summed E-state index contributed by atoms with van der Waals surface area (Å²) in [5, 5.41) is 22.9. The number of aromatic nitrogens is 4. The molecule has 1 unspecified atom stereocenters. The van der Waals surface area contributed by atoms with Crippen molar-refractivity contribution in [3.63, 3.8) is 0 Å². The van der Waals surface area contributed by atoms with Crippen molar-refractivity contribution in [1.82, 2.24) is 19.5 Å². The molecule has 4 rings (SSSR count). The molecule has 14 heteroatoms. The molecule has 180 valence electrons. The highest BCUT2D eigenvalue weighted by Crippen LogP contribution is 2.37. The van der Waals surface area contributed by atoms with E-state index in [9.17, 15) is 18.3 Å². The van der Waals surface area contributed by atoms with E-state index in [0.29, 0.717) is 0 Å². The molecule has 0 bridgehead atoms. The first-order valence-electron chi connectivity index (χ1n) is 9.43. The molecule has 0 aliphatic rings. The van der Waals surface area contributed by atoms with Crippen LogP contribution in [-0.4, -0.2) is 48.6 Å². The third-order valence-electron chi connectivity index (χ3n) is 4.62. The molecule has 4 aromatic rings. The van der Waals surface area contributed by atoms with E-state index in [1.807, 2.05) is 0 Å². The number of aliphatic hydroxyl groups excluding tert-OH is 1. The van der Waals surface area contributed by atoms with Crippen molar-refractivity contribution in [2.75, 3.05) is 13.2 Å². The Morgan fingerprint density at radius 2 is 1.79 bits per heavy atom. The average molecular weight is 538 g/mol. The Morgan fingerprint density at radius 3 is 2.47 bits per heavy atom. The largest absolute Gasteiger partial charge is 0.489 e. The van der Waals surface area contributed by atoms with Gasteiger partial charge in [-0.2, -0.15) is 18.2 Å². The number of halogens is 6. The zero-order valence-corrected chi connectivity index (χ0v) is 19.3. The van der Waals surface area contributed by atoms with Crippen LogP contribution in [0.15, 0.2) is 35.1 Å². The number of benzene rings is 1. The van der Waals surface area contributed by atoms with Crippen LogP contribution < -0.4 is 4.74 Å². The summed E-state index contributed by atoms with van der Waals surface area (Å²) in [7, 11) is 0. The number of aliphatic hydroxyl groups is 2. The summed E-state index contributed by atoms with van der Waals surface area (Å²) in [6.45, 7) is 0.625. The number of imidazole rings is 1. The van der Waals surface area contributed by atoms with Crippen molar-refractivity contribution >= 4 is 40.4 Å². The van der Waals surface area contributed by atoms with Gasteiger partial charge in [-0.1, -0.05) is 40.0 Å². The third kappa shape index (κ3) is 4.93. The van der Waals surface area contributed by atoms with Crippen molar-refractivity contribution in [3.05, 3.63) is 51.2 Å². The highest BCUT2D eigenvalue weighted by molar-refractivity contribution is 6.36. The monoisotopic (exact) mass is 536 g/mol. The molecule has 0 fully saturated rings. The van der Waals surface area contributed by atoms with E-state index in [4.69, 9.17) is 49.2 Å². The standard InChI is InChI=1S/C20H14Cl3F3N4O4/c1-19(32,7-31)8-33-15-4-11(21)10(3-12(15)22)16-28-18(34-29-16)14-6-30-5-9(20(24,25)26)2-13(23)17(30)27-14/h2-6,31-32H,7-8H2,1H3. The van der Waals surface area contributed by atoms with E-state index >= 15 is 0 Å². The molecular formula is C20H14Cl3F3N4O4. The van der Waals surface area contributed by atoms with Gasteiger partial charge in [0.2, 0.25) is 5.82 Å². The fraction of sp³-hybridized carbons (Fsp3) is 0.250. The van der Waals surface area contributed by atoms with E-state index in [1.165, 1.54) is 25.3 Å². The smallest absolute Gasteiger partial charge is 0.417 e. The minimum atomic E-state index is -4.58. The SMILES string of the molecule is CC(O)(CO)COc1cc(Cl)c(-c2noc(-c3cn4cc(C(F)(F)F)cc(Cl)c4n3)n2)cc1Cl. The second kappa shape index (κ2) is 8.90. The minimum Gasteiger partial charge on any atom is -0.489 e. The molecule has 8 nitrogen and oxygen atoms in total. The van der Waals surface area contributed by atoms with Crippen molar-refractivity contribution in [3.8, 4) is 28.7 Å². The maximum absolute atomic E-state index is 13.1. The highest BCUT2D eigenvalue weighted by Gasteiger charge is 2.32. The van der Waals surface area contributed by atoms with Gasteiger partial charge in [0.15, 0.2) is 5.65 Å². The Bertz CT molecular complexity index is 1370. The molecule has 2 N–H and O–H groups in total. The van der Waals surface area contributed by atoms with Crippen molar-refractivity contribution in [2.45, 2.75) is 18.7 Å². The van der Waals surface area contributed by atoms with Crippen LogP contribution in [0.5, 0.6) is 5.75 Å². The number of hydrogen-bond acceptors (Lipinski definition) is 7. The van der Waals surface area contributed by atoms with E-state index in [-0.39, 0.29) is 56.0 Å². The van der Waals surface area contributed by atoms with Crippen LogP contribution >= 0.6 is 34.8 Å². The Hall–Kier alpha value is -2.57. The lowest BCUT2D eigenvalue weighted by Crippen LogP contribution is -2.36. The molecule has 0 saturated carbocycles. The van der Waals surface area contributed by atoms with Crippen LogP contribution in [0, 0.1) is 0 Å². The number of alkyl halides is 3. The summed E-state index contributed by atoms with van der Waals surface area (Å²) in [6, 6.07) is 3.57. The summed E-state index contributed by atoms with van der Waals surface area (Å²) >= 11 is 18.5. The van der Waals surface area contributed by atoms with Gasteiger partial charge in [0.25, 0.3) is 5.89 Å². The summed E-state index contributed by atoms with van der Waals surface area (Å²) in [5.74, 6) is 0.105. The van der Waals surface area contributed by atoms with Gasteiger partial charge in [-0.05, 0) is 19.1 Å². The van der Waals surface area contributed by atoms with E-state index < -0.39 is 23.9 Å². The van der Waals surface area contributed by atoms with Crippen LogP contribution in [0.2, 0.25) is 15.1 Å². The van der Waals surface area contributed by atoms with Crippen LogP contribution in [0.25, 0.3) is 28.6 Å². The minimum absolute atomic E-state index is 0.0370. The topological polar surface area (TPSA) is 106 Å². The van der Waals surface area contributed by atoms with E-state index in [2.05, 4.69) is 15.1 Å². The first-order valence-corrected chi connectivity index (χ1v) is 10.6. The molecule has 0 aliphatic heterocycles. The predicted molar refractivity (Wildman–Crippen MR) is 117 cm³/mol. The first-order chi connectivity index (χ1) is 15.9. The zero-order chi connectivity index (χ0) is 24.8. The lowest BCUT2D eigenvalue weighted by molar-refractivity contribution is -0.137. The van der Waals surface area contributed by atoms with Crippen molar-refractivity contribution in [1.29, 1.82) is 0 Å². The number of ether oxygens (including phenoxy) is 1. The van der Waals surface area contributed by atoms with Crippen LogP contribution in [-0.2, 0) is 6.18 Å². The Labute approximate surface area is 204 Å². The van der Waals surface area contributed by atoms with Crippen molar-refractivity contribution < 1.29 is 32.6 Å². The molecule has 34 heavy (non-hydrogen) atoms. The zero-order valence-electron chi connectivity index (χ0n) is 17.1. The number of rotatable bonds is 6. The molecule has 0 amide bonds. The Balaban J connectivity index is 1.64. The van der Waals surface area contributed by atoms with E-state index in [1.54, 1.807) is 0 Å². The molecule has 0 aliphatic carbocycles. The normalized spacial score (nSPS) is 13.9. The fourth-order valence-electron chi connectivity index (χ4n) is 2.84. The summed E-state index contributed by atoms with van der Waals surface area (Å²) < 4.78 is 50.9. The van der Waals surface area contributed by atoms with E-state index in [0.717, 1.165) is 16.7 Å². The maximum atomic E-state index is 13.1. The Morgan fingerprint density at radius 1 is 1.06 bits per heavy atom. The first kappa shape index (κ1) is 24.6. The molecule has 3 heterocycles. The van der Waals surface area contributed by atoms with Crippen LogP contribution in [0.1, 0.15) is 12.5 Å². The Kier molecular flexibility index (Phi) is 6.42. The van der Waals surface area contributed by atoms with Gasteiger partial charge in [-0.3, -0.25) is 0 Å². The molecule has 0 radical (unpaired) electrons. The van der Waals surface area contributed by atoms with Gasteiger partial charge < -0.3 is 23.9 Å². The van der Waals surface area contributed by atoms with Gasteiger partial charge >= 0.3 is 6.18 Å². The summed E-state index contributed by atoms with van der Waals surface area (Å²) in [5.41, 5.74) is -1.97. The fourth-order valence-corrected chi connectivity index (χ4v) is 3.56. The lowest BCUT2D eigenvalue weighted by Gasteiger charge is -2.21.